The smallest absolute Gasteiger partial charge is 0.464 e. The molecule has 0 bridgehead atoms. The van der Waals surface area contributed by atoms with Crippen molar-refractivity contribution in [2.45, 2.75) is 25.7 Å². The van der Waals surface area contributed by atoms with Gasteiger partial charge in [0.2, 0.25) is 5.91 Å². The average Bonchev–Trinajstić information content (AvgIpc) is 2.99. The fourth-order valence-electron chi connectivity index (χ4n) is 2.68. The van der Waals surface area contributed by atoms with Gasteiger partial charge in [-0.05, 0) is 36.6 Å². The van der Waals surface area contributed by atoms with Crippen LogP contribution in [0.15, 0.2) is 53.3 Å². The molecule has 7 heteroatoms. The van der Waals surface area contributed by atoms with Crippen LogP contribution in [0.4, 0.5) is 0 Å². The van der Waals surface area contributed by atoms with Crippen molar-refractivity contribution in [1.82, 2.24) is 10.3 Å². The lowest BCUT2D eigenvalue weighted by atomic mass is 9.76. The number of para-hydroxylation sites is 1. The zero-order valence-electron chi connectivity index (χ0n) is 13.8. The summed E-state index contributed by atoms with van der Waals surface area (Å²) in [6.07, 6.45) is 3.60. The number of fused-ring (bicyclic) bond motifs is 1. The number of carbonyl (C=O) groups is 1. The number of amides is 1. The molecule has 2 heterocycles. The molecule has 2 aromatic heterocycles. The van der Waals surface area contributed by atoms with Gasteiger partial charge in [-0.1, -0.05) is 24.3 Å². The Hall–Kier alpha value is -2.64. The molecule has 1 atom stereocenters. The minimum atomic E-state index is -1.68. The van der Waals surface area contributed by atoms with Gasteiger partial charge in [-0.15, -0.1) is 0 Å². The lowest BCUT2D eigenvalue weighted by Gasteiger charge is -2.17. The number of pyridine rings is 1. The highest BCUT2D eigenvalue weighted by Gasteiger charge is 2.27. The van der Waals surface area contributed by atoms with Crippen LogP contribution in [-0.4, -0.2) is 34.0 Å². The molecule has 0 saturated carbocycles. The van der Waals surface area contributed by atoms with Crippen molar-refractivity contribution >= 4 is 24.0 Å². The Bertz CT molecular complexity index is 861. The van der Waals surface area contributed by atoms with E-state index in [0.29, 0.717) is 5.69 Å². The maximum absolute atomic E-state index is 12.2. The minimum absolute atomic E-state index is 0.0790. The number of benzene rings is 1. The van der Waals surface area contributed by atoms with E-state index in [1.807, 2.05) is 37.3 Å². The van der Waals surface area contributed by atoms with Crippen LogP contribution >= 0.6 is 0 Å². The number of hydrogen-bond donors (Lipinski definition) is 3. The second-order valence-electron chi connectivity index (χ2n) is 6.05. The van der Waals surface area contributed by atoms with Gasteiger partial charge in [0.05, 0.1) is 18.6 Å². The van der Waals surface area contributed by atoms with Crippen LogP contribution in [0.5, 0.6) is 0 Å². The number of aryl methyl sites for hydroxylation is 1. The number of carbonyl (C=O) groups excluding carboxylic acids is 1. The van der Waals surface area contributed by atoms with E-state index >= 15 is 0 Å². The first-order valence-corrected chi connectivity index (χ1v) is 8.05. The Morgan fingerprint density at radius 2 is 2.08 bits per heavy atom. The fourth-order valence-corrected chi connectivity index (χ4v) is 2.68. The summed E-state index contributed by atoms with van der Waals surface area (Å²) in [5, 5.41) is 22.8. The van der Waals surface area contributed by atoms with E-state index in [9.17, 15) is 14.8 Å². The average molecular weight is 338 g/mol. The molecule has 6 nitrogen and oxygen atoms in total. The fraction of sp³-hybridized carbons (Fsp3) is 0.222. The maximum Gasteiger partial charge on any atom is 0.475 e. The van der Waals surface area contributed by atoms with Crippen molar-refractivity contribution in [3.63, 3.8) is 0 Å². The van der Waals surface area contributed by atoms with Gasteiger partial charge in [0.25, 0.3) is 0 Å². The van der Waals surface area contributed by atoms with E-state index in [4.69, 9.17) is 4.42 Å². The third-order valence-electron chi connectivity index (χ3n) is 4.02. The van der Waals surface area contributed by atoms with Crippen LogP contribution in [0.2, 0.25) is 0 Å². The van der Waals surface area contributed by atoms with Gasteiger partial charge in [-0.3, -0.25) is 9.78 Å². The molecule has 0 fully saturated rings. The quantitative estimate of drug-likeness (QED) is 0.591. The Morgan fingerprint density at radius 1 is 1.28 bits per heavy atom. The minimum Gasteiger partial charge on any atom is -0.464 e. The van der Waals surface area contributed by atoms with Crippen molar-refractivity contribution in [1.29, 1.82) is 0 Å². The number of hydrogen-bond acceptors (Lipinski definition) is 5. The molecule has 1 aromatic carbocycles. The third kappa shape index (κ3) is 4.26. The highest BCUT2D eigenvalue weighted by atomic mass is 16.4. The zero-order chi connectivity index (χ0) is 17.8. The SMILES string of the molecule is Cc1ccc(CC(=O)N[C@@H](Cc2coc3ccccc23)B(O)O)nc1. The maximum atomic E-state index is 12.2. The largest absolute Gasteiger partial charge is 0.475 e. The standard InChI is InChI=1S/C18H19BN2O4/c1-12-6-7-14(20-10-12)9-18(22)21-17(19(23)24)8-13-11-25-16-5-3-2-4-15(13)16/h2-7,10-11,17,23-24H,8-9H2,1H3,(H,21,22)/t17-/m0/s1. The van der Waals surface area contributed by atoms with Crippen LogP contribution in [0.3, 0.4) is 0 Å². The predicted molar refractivity (Wildman–Crippen MR) is 94.7 cm³/mol. The summed E-state index contributed by atoms with van der Waals surface area (Å²) in [6.45, 7) is 1.92. The highest BCUT2D eigenvalue weighted by Crippen LogP contribution is 2.22. The van der Waals surface area contributed by atoms with Crippen LogP contribution in [0, 0.1) is 6.92 Å². The van der Waals surface area contributed by atoms with Gasteiger partial charge >= 0.3 is 7.12 Å². The Kier molecular flexibility index (Phi) is 5.16. The van der Waals surface area contributed by atoms with Gasteiger partial charge in [0.1, 0.15) is 5.58 Å². The van der Waals surface area contributed by atoms with Crippen molar-refractivity contribution in [3.8, 4) is 0 Å². The molecule has 0 radical (unpaired) electrons. The molecule has 3 aromatic rings. The first-order valence-electron chi connectivity index (χ1n) is 8.05. The zero-order valence-corrected chi connectivity index (χ0v) is 13.8. The van der Waals surface area contributed by atoms with Crippen LogP contribution < -0.4 is 5.32 Å². The molecule has 0 saturated heterocycles. The highest BCUT2D eigenvalue weighted by molar-refractivity contribution is 6.43. The van der Waals surface area contributed by atoms with E-state index < -0.39 is 13.1 Å². The number of rotatable bonds is 6. The third-order valence-corrected chi connectivity index (χ3v) is 4.02. The predicted octanol–water partition coefficient (Wildman–Crippen LogP) is 1.42. The Morgan fingerprint density at radius 3 is 2.80 bits per heavy atom. The molecule has 0 unspecified atom stereocenters. The molecule has 25 heavy (non-hydrogen) atoms. The number of furan rings is 1. The van der Waals surface area contributed by atoms with Crippen molar-refractivity contribution in [2.24, 2.45) is 0 Å². The first kappa shape index (κ1) is 17.2. The molecule has 3 rings (SSSR count). The van der Waals surface area contributed by atoms with Gasteiger partial charge in [0.15, 0.2) is 0 Å². The summed E-state index contributed by atoms with van der Waals surface area (Å²) in [5.41, 5.74) is 3.17. The normalized spacial score (nSPS) is 12.1. The summed E-state index contributed by atoms with van der Waals surface area (Å²) < 4.78 is 5.46. The summed E-state index contributed by atoms with van der Waals surface area (Å²) in [6, 6.07) is 11.1. The van der Waals surface area contributed by atoms with E-state index in [-0.39, 0.29) is 18.7 Å². The lowest BCUT2D eigenvalue weighted by Crippen LogP contribution is -2.48. The summed E-state index contributed by atoms with van der Waals surface area (Å²) in [7, 11) is -1.68. The monoisotopic (exact) mass is 338 g/mol. The molecule has 0 aliphatic carbocycles. The van der Waals surface area contributed by atoms with Crippen LogP contribution in [0.1, 0.15) is 16.8 Å². The first-order chi connectivity index (χ1) is 12.0. The lowest BCUT2D eigenvalue weighted by molar-refractivity contribution is -0.120. The van der Waals surface area contributed by atoms with Gasteiger partial charge in [0, 0.05) is 17.3 Å². The number of nitrogens with zero attached hydrogens (tertiary/aromatic N) is 1. The Balaban J connectivity index is 1.68. The van der Waals surface area contributed by atoms with Gasteiger partial charge in [-0.25, -0.2) is 0 Å². The molecule has 0 aliphatic rings. The van der Waals surface area contributed by atoms with E-state index in [0.717, 1.165) is 22.1 Å². The van der Waals surface area contributed by atoms with Crippen LogP contribution in [0.25, 0.3) is 11.0 Å². The molecule has 0 aliphatic heterocycles. The molecule has 128 valence electrons. The molecule has 0 spiro atoms. The summed E-state index contributed by atoms with van der Waals surface area (Å²) >= 11 is 0. The van der Waals surface area contributed by atoms with Gasteiger partial charge in [-0.2, -0.15) is 0 Å². The van der Waals surface area contributed by atoms with E-state index in [2.05, 4.69) is 10.3 Å². The molecular formula is C18H19BN2O4. The molecule has 3 N–H and O–H groups in total. The van der Waals surface area contributed by atoms with Gasteiger partial charge < -0.3 is 19.8 Å². The van der Waals surface area contributed by atoms with Crippen molar-refractivity contribution in [3.05, 3.63) is 65.7 Å². The molecular weight excluding hydrogens is 319 g/mol. The number of nitrogens with one attached hydrogen (secondary N) is 1. The second kappa shape index (κ2) is 7.50. The number of aromatic nitrogens is 1. The summed E-state index contributed by atoms with van der Waals surface area (Å²) in [4.78, 5) is 16.4. The summed E-state index contributed by atoms with van der Waals surface area (Å²) in [5.74, 6) is -1.15. The van der Waals surface area contributed by atoms with E-state index in [1.165, 1.54) is 0 Å². The van der Waals surface area contributed by atoms with Crippen molar-refractivity contribution in [2.75, 3.05) is 0 Å². The molecule has 1 amide bonds. The second-order valence-corrected chi connectivity index (χ2v) is 6.05. The van der Waals surface area contributed by atoms with E-state index in [1.54, 1.807) is 18.5 Å². The topological polar surface area (TPSA) is 95.6 Å². The Labute approximate surface area is 145 Å². The van der Waals surface area contributed by atoms with Crippen LogP contribution in [-0.2, 0) is 17.6 Å². The van der Waals surface area contributed by atoms with Crippen molar-refractivity contribution < 1.29 is 19.3 Å².